The van der Waals surface area contributed by atoms with Crippen molar-refractivity contribution in [3.8, 4) is 0 Å². The maximum absolute atomic E-state index is 13.1. The first-order chi connectivity index (χ1) is 9.58. The van der Waals surface area contributed by atoms with Crippen LogP contribution in [0.2, 0.25) is 0 Å². The van der Waals surface area contributed by atoms with Crippen molar-refractivity contribution in [1.82, 2.24) is 0 Å². The van der Waals surface area contributed by atoms with Crippen molar-refractivity contribution in [3.05, 3.63) is 0 Å². The van der Waals surface area contributed by atoms with E-state index in [1.165, 1.54) is 0 Å². The zero-order valence-electron chi connectivity index (χ0n) is 15.8. The summed E-state index contributed by atoms with van der Waals surface area (Å²) in [6.07, 6.45) is 4.59. The van der Waals surface area contributed by atoms with Gasteiger partial charge in [0.1, 0.15) is 5.78 Å². The van der Waals surface area contributed by atoms with Crippen molar-refractivity contribution in [3.63, 3.8) is 0 Å². The Hall–Kier alpha value is 0.100. The highest BCUT2D eigenvalue weighted by molar-refractivity contribution is 7.62. The average Bonchev–Trinajstić information content (AvgIpc) is 2.44. The lowest BCUT2D eigenvalue weighted by Crippen LogP contribution is -2.59. The average molecular weight is 312 g/mol. The van der Waals surface area contributed by atoms with E-state index in [1.807, 2.05) is 0 Å². The molecule has 0 bridgehead atoms. The minimum atomic E-state index is -0.235. The van der Waals surface area contributed by atoms with Crippen molar-refractivity contribution in [2.75, 3.05) is 0 Å². The van der Waals surface area contributed by atoms with Gasteiger partial charge in [0.05, 0.1) is 0 Å². The smallest absolute Gasteiger partial charge is 0.140 e. The SMILES string of the molecule is CCC1(CC)C(C)C(=O)C(C)C(CC)(CC)P1C(C)(C)C. The maximum Gasteiger partial charge on any atom is 0.140 e. The van der Waals surface area contributed by atoms with Gasteiger partial charge in [-0.15, -0.1) is 0 Å². The van der Waals surface area contributed by atoms with Gasteiger partial charge in [-0.2, -0.15) is 0 Å². The molecule has 0 amide bonds. The van der Waals surface area contributed by atoms with E-state index in [4.69, 9.17) is 0 Å². The summed E-state index contributed by atoms with van der Waals surface area (Å²) in [5.41, 5.74) is 0. The summed E-state index contributed by atoms with van der Waals surface area (Å²) in [6.45, 7) is 21.0. The monoisotopic (exact) mass is 312 g/mol. The van der Waals surface area contributed by atoms with Crippen molar-refractivity contribution in [2.24, 2.45) is 11.8 Å². The molecule has 1 heterocycles. The Bertz CT molecular complexity index is 344. The minimum absolute atomic E-state index is 0.221. The number of hydrogen-bond acceptors (Lipinski definition) is 1. The van der Waals surface area contributed by atoms with Crippen LogP contribution in [0.3, 0.4) is 0 Å². The van der Waals surface area contributed by atoms with Gasteiger partial charge in [0.25, 0.3) is 0 Å². The van der Waals surface area contributed by atoms with Gasteiger partial charge in [0.2, 0.25) is 0 Å². The van der Waals surface area contributed by atoms with E-state index in [1.54, 1.807) is 0 Å². The Morgan fingerprint density at radius 1 is 0.857 bits per heavy atom. The van der Waals surface area contributed by atoms with Gasteiger partial charge < -0.3 is 0 Å². The molecule has 1 saturated heterocycles. The van der Waals surface area contributed by atoms with Gasteiger partial charge in [-0.1, -0.05) is 70.2 Å². The van der Waals surface area contributed by atoms with Crippen LogP contribution in [0.4, 0.5) is 0 Å². The zero-order chi connectivity index (χ0) is 16.6. The highest BCUT2D eigenvalue weighted by atomic mass is 31.1. The lowest BCUT2D eigenvalue weighted by atomic mass is 9.74. The lowest BCUT2D eigenvalue weighted by Gasteiger charge is -2.64. The Balaban J connectivity index is 3.66. The van der Waals surface area contributed by atoms with E-state index in [9.17, 15) is 4.79 Å². The maximum atomic E-state index is 13.1. The molecule has 0 saturated carbocycles. The topological polar surface area (TPSA) is 17.1 Å². The summed E-state index contributed by atoms with van der Waals surface area (Å²) in [6, 6.07) is 0. The molecule has 0 N–H and O–H groups in total. The third kappa shape index (κ3) is 2.62. The van der Waals surface area contributed by atoms with Crippen LogP contribution >= 0.6 is 7.92 Å². The van der Waals surface area contributed by atoms with Crippen LogP contribution in [0, 0.1) is 11.8 Å². The zero-order valence-corrected chi connectivity index (χ0v) is 16.7. The molecule has 2 atom stereocenters. The lowest BCUT2D eigenvalue weighted by molar-refractivity contribution is -0.129. The Kier molecular flexibility index (Phi) is 5.75. The van der Waals surface area contributed by atoms with Crippen molar-refractivity contribution >= 4 is 13.7 Å². The Morgan fingerprint density at radius 2 is 1.14 bits per heavy atom. The second kappa shape index (κ2) is 6.31. The van der Waals surface area contributed by atoms with Crippen LogP contribution in [0.5, 0.6) is 0 Å². The minimum Gasteiger partial charge on any atom is -0.299 e. The number of rotatable bonds is 4. The van der Waals surface area contributed by atoms with Gasteiger partial charge in [-0.05, 0) is 30.8 Å². The molecular formula is C19H37OP. The first-order valence-corrected chi connectivity index (χ1v) is 10.3. The van der Waals surface area contributed by atoms with Gasteiger partial charge >= 0.3 is 0 Å². The molecule has 1 aliphatic heterocycles. The first-order valence-electron chi connectivity index (χ1n) is 8.93. The fraction of sp³-hybridized carbons (Fsp3) is 0.947. The predicted molar refractivity (Wildman–Crippen MR) is 96.6 cm³/mol. The van der Waals surface area contributed by atoms with Crippen LogP contribution in [-0.2, 0) is 4.79 Å². The molecular weight excluding hydrogens is 275 g/mol. The predicted octanol–water partition coefficient (Wildman–Crippen LogP) is 6.24. The quantitative estimate of drug-likeness (QED) is 0.562. The molecule has 1 nitrogen and oxygen atoms in total. The number of ketones is 1. The number of Topliss-reactive ketones (excluding diaryl/α,β-unsaturated/α-hetero) is 1. The van der Waals surface area contributed by atoms with E-state index in [2.05, 4.69) is 62.3 Å². The summed E-state index contributed by atoms with van der Waals surface area (Å²) in [7, 11) is -0.235. The second-order valence-corrected chi connectivity index (χ2v) is 11.8. The van der Waals surface area contributed by atoms with Gasteiger partial charge in [-0.25, -0.2) is 0 Å². The molecule has 1 fully saturated rings. The van der Waals surface area contributed by atoms with Crippen molar-refractivity contribution in [1.29, 1.82) is 0 Å². The summed E-state index contributed by atoms with van der Waals surface area (Å²) in [5.74, 6) is 0.975. The second-order valence-electron chi connectivity index (χ2n) is 7.97. The van der Waals surface area contributed by atoms with Gasteiger partial charge in [0, 0.05) is 22.1 Å². The highest BCUT2D eigenvalue weighted by Crippen LogP contribution is 2.77. The number of carbonyl (C=O) groups is 1. The van der Waals surface area contributed by atoms with E-state index >= 15 is 0 Å². The molecule has 1 aliphatic rings. The highest BCUT2D eigenvalue weighted by Gasteiger charge is 2.62. The molecule has 124 valence electrons. The summed E-state index contributed by atoms with van der Waals surface area (Å²) >= 11 is 0. The molecule has 0 aromatic rings. The van der Waals surface area contributed by atoms with E-state index in [0.29, 0.717) is 10.9 Å². The van der Waals surface area contributed by atoms with Crippen LogP contribution < -0.4 is 0 Å². The number of carbonyl (C=O) groups excluding carboxylic acids is 1. The molecule has 0 aromatic carbocycles. The Morgan fingerprint density at radius 3 is 1.33 bits per heavy atom. The molecule has 2 unspecified atom stereocenters. The molecule has 0 aliphatic carbocycles. The van der Waals surface area contributed by atoms with E-state index in [0.717, 1.165) is 25.7 Å². The summed E-state index contributed by atoms with van der Waals surface area (Å²) in [4.78, 5) is 13.1. The molecule has 0 spiro atoms. The normalized spacial score (nSPS) is 32.2. The van der Waals surface area contributed by atoms with Crippen molar-refractivity contribution < 1.29 is 4.79 Å². The molecule has 1 rings (SSSR count). The summed E-state index contributed by atoms with van der Waals surface area (Å²) < 4.78 is 0. The largest absolute Gasteiger partial charge is 0.299 e. The molecule has 2 heteroatoms. The Labute approximate surface area is 134 Å². The van der Waals surface area contributed by atoms with E-state index in [-0.39, 0.29) is 30.1 Å². The van der Waals surface area contributed by atoms with Crippen LogP contribution in [0.1, 0.15) is 88.0 Å². The fourth-order valence-electron chi connectivity index (χ4n) is 5.43. The molecule has 0 aromatic heterocycles. The molecule has 0 radical (unpaired) electrons. The summed E-state index contributed by atoms with van der Waals surface area (Å²) in [5, 5.41) is 0.753. The first kappa shape index (κ1) is 19.1. The van der Waals surface area contributed by atoms with Crippen LogP contribution in [0.25, 0.3) is 0 Å². The van der Waals surface area contributed by atoms with Crippen LogP contribution in [0.15, 0.2) is 0 Å². The number of hydrogen-bond donors (Lipinski definition) is 0. The van der Waals surface area contributed by atoms with Crippen LogP contribution in [-0.4, -0.2) is 21.3 Å². The third-order valence-corrected chi connectivity index (χ3v) is 11.6. The third-order valence-electron chi connectivity index (χ3n) is 6.48. The van der Waals surface area contributed by atoms with Crippen molar-refractivity contribution in [2.45, 2.75) is 103 Å². The fourth-order valence-corrected chi connectivity index (χ4v) is 11.3. The molecule has 21 heavy (non-hydrogen) atoms. The standard InChI is InChI=1S/C19H37OP/c1-10-18(11-2)14(5)16(20)15(6)19(12-3,13-4)21(18)17(7,8)9/h14-15H,10-13H2,1-9H3. The van der Waals surface area contributed by atoms with Gasteiger partial charge in [-0.3, -0.25) is 4.79 Å². The van der Waals surface area contributed by atoms with E-state index < -0.39 is 0 Å². The van der Waals surface area contributed by atoms with Gasteiger partial charge in [0.15, 0.2) is 0 Å².